The molecule has 0 amide bonds. The van der Waals surface area contributed by atoms with E-state index in [9.17, 15) is 0 Å². The Kier molecular flexibility index (Phi) is 11.2. The molecule has 0 unspecified atom stereocenters. The molecule has 0 fully saturated rings. The third-order valence-electron chi connectivity index (χ3n) is 2.19. The van der Waals surface area contributed by atoms with E-state index in [0.29, 0.717) is 0 Å². The molecule has 92 valence electrons. The molecule has 0 spiro atoms. The van der Waals surface area contributed by atoms with Gasteiger partial charge in [0.25, 0.3) is 0 Å². The lowest BCUT2D eigenvalue weighted by atomic mass is 10.1. The summed E-state index contributed by atoms with van der Waals surface area (Å²) in [5, 5.41) is 0. The summed E-state index contributed by atoms with van der Waals surface area (Å²) in [5.41, 5.74) is 4.69. The number of pyridine rings is 1. The van der Waals surface area contributed by atoms with Crippen LogP contribution in [0.5, 0.6) is 0 Å². The number of hydrogen-bond donors (Lipinski definition) is 0. The molecule has 0 aliphatic rings. The van der Waals surface area contributed by atoms with E-state index < -0.39 is 0 Å². The van der Waals surface area contributed by atoms with E-state index in [0.717, 1.165) is 11.4 Å². The third-order valence-corrected chi connectivity index (χ3v) is 2.19. The lowest BCUT2D eigenvalue weighted by Gasteiger charge is -2.03. The van der Waals surface area contributed by atoms with E-state index in [1.807, 2.05) is 41.5 Å². The highest BCUT2D eigenvalue weighted by Gasteiger charge is 1.98. The van der Waals surface area contributed by atoms with Crippen molar-refractivity contribution in [1.29, 1.82) is 0 Å². The van der Waals surface area contributed by atoms with Gasteiger partial charge in [0.1, 0.15) is 0 Å². The standard InChI is InChI=1S/C11H15N.2C2H6/c1-5-8(2)11-7-6-9(3)10(4)12-11;2*1-2/h5-7H,1-4H3;2*1-2H3/b8-5-;;. The zero-order chi connectivity index (χ0) is 13.1. The van der Waals surface area contributed by atoms with Crippen LogP contribution in [0.4, 0.5) is 0 Å². The SMILES string of the molecule is C/C=C(/C)c1ccc(C)c(C)n1.CC.CC. The van der Waals surface area contributed by atoms with Gasteiger partial charge in [0, 0.05) is 5.69 Å². The number of aryl methyl sites for hydroxylation is 2. The number of rotatable bonds is 1. The fourth-order valence-corrected chi connectivity index (χ4v) is 0.998. The van der Waals surface area contributed by atoms with Crippen LogP contribution in [0.2, 0.25) is 0 Å². The van der Waals surface area contributed by atoms with Crippen molar-refractivity contribution in [3.63, 3.8) is 0 Å². The Labute approximate surface area is 102 Å². The van der Waals surface area contributed by atoms with Crippen molar-refractivity contribution >= 4 is 5.57 Å². The first-order valence-electron chi connectivity index (χ1n) is 6.22. The van der Waals surface area contributed by atoms with Crippen LogP contribution in [-0.4, -0.2) is 4.98 Å². The predicted molar refractivity (Wildman–Crippen MR) is 75.7 cm³/mol. The topological polar surface area (TPSA) is 12.9 Å². The largest absolute Gasteiger partial charge is 0.253 e. The van der Waals surface area contributed by atoms with E-state index in [-0.39, 0.29) is 0 Å². The summed E-state index contributed by atoms with van der Waals surface area (Å²) >= 11 is 0. The minimum absolute atomic E-state index is 1.08. The van der Waals surface area contributed by atoms with Gasteiger partial charge in [0.05, 0.1) is 5.69 Å². The molecule has 1 aromatic heterocycles. The molecule has 0 aliphatic heterocycles. The van der Waals surface area contributed by atoms with Crippen molar-refractivity contribution in [2.24, 2.45) is 0 Å². The molecule has 0 aromatic carbocycles. The molecule has 1 aromatic rings. The zero-order valence-corrected chi connectivity index (χ0v) is 12.2. The summed E-state index contributed by atoms with van der Waals surface area (Å²) in [5.74, 6) is 0. The Morgan fingerprint density at radius 1 is 1.06 bits per heavy atom. The zero-order valence-electron chi connectivity index (χ0n) is 12.2. The maximum atomic E-state index is 4.48. The average molecular weight is 221 g/mol. The predicted octanol–water partition coefficient (Wildman–Crippen LogP) is 5.17. The molecule has 16 heavy (non-hydrogen) atoms. The van der Waals surface area contributed by atoms with E-state index in [4.69, 9.17) is 0 Å². The fourth-order valence-electron chi connectivity index (χ4n) is 0.998. The van der Waals surface area contributed by atoms with Crippen LogP contribution in [-0.2, 0) is 0 Å². The number of aromatic nitrogens is 1. The van der Waals surface area contributed by atoms with Crippen molar-refractivity contribution in [3.05, 3.63) is 35.2 Å². The Bertz CT molecular complexity index is 311. The number of nitrogens with zero attached hydrogens (tertiary/aromatic N) is 1. The van der Waals surface area contributed by atoms with Crippen LogP contribution in [0.25, 0.3) is 5.57 Å². The van der Waals surface area contributed by atoms with E-state index in [2.05, 4.69) is 37.0 Å². The molecule has 1 rings (SSSR count). The minimum atomic E-state index is 1.08. The second-order valence-corrected chi connectivity index (χ2v) is 3.07. The van der Waals surface area contributed by atoms with Gasteiger partial charge in [-0.05, 0) is 44.9 Å². The highest BCUT2D eigenvalue weighted by atomic mass is 14.7. The molecule has 1 heteroatoms. The van der Waals surface area contributed by atoms with Crippen molar-refractivity contribution in [2.75, 3.05) is 0 Å². The van der Waals surface area contributed by atoms with Gasteiger partial charge in [0.15, 0.2) is 0 Å². The lowest BCUT2D eigenvalue weighted by molar-refractivity contribution is 1.12. The molecular weight excluding hydrogens is 194 g/mol. The van der Waals surface area contributed by atoms with Crippen molar-refractivity contribution < 1.29 is 0 Å². The van der Waals surface area contributed by atoms with Gasteiger partial charge in [-0.25, -0.2) is 0 Å². The van der Waals surface area contributed by atoms with Gasteiger partial charge in [0.2, 0.25) is 0 Å². The molecule has 0 radical (unpaired) electrons. The maximum Gasteiger partial charge on any atom is 0.0658 e. The average Bonchev–Trinajstić information content (AvgIpc) is 2.36. The second-order valence-electron chi connectivity index (χ2n) is 3.07. The number of hydrogen-bond acceptors (Lipinski definition) is 1. The summed E-state index contributed by atoms with van der Waals surface area (Å²) in [4.78, 5) is 4.48. The maximum absolute atomic E-state index is 4.48. The monoisotopic (exact) mass is 221 g/mol. The molecule has 1 heterocycles. The van der Waals surface area contributed by atoms with Gasteiger partial charge >= 0.3 is 0 Å². The summed E-state index contributed by atoms with van der Waals surface area (Å²) in [6.45, 7) is 16.2. The van der Waals surface area contributed by atoms with E-state index in [1.165, 1.54) is 11.1 Å². The lowest BCUT2D eigenvalue weighted by Crippen LogP contribution is -1.91. The van der Waals surface area contributed by atoms with Gasteiger partial charge in [-0.1, -0.05) is 39.8 Å². The van der Waals surface area contributed by atoms with E-state index in [1.54, 1.807) is 0 Å². The molecule has 1 nitrogen and oxygen atoms in total. The van der Waals surface area contributed by atoms with Crippen molar-refractivity contribution in [2.45, 2.75) is 55.4 Å². The Hall–Kier alpha value is -1.11. The Balaban J connectivity index is 0. The van der Waals surface area contributed by atoms with Crippen LogP contribution in [0, 0.1) is 13.8 Å². The molecule has 0 atom stereocenters. The summed E-state index contributed by atoms with van der Waals surface area (Å²) in [6.07, 6.45) is 2.08. The first-order chi connectivity index (χ1) is 7.65. The fraction of sp³-hybridized carbons (Fsp3) is 0.533. The van der Waals surface area contributed by atoms with Crippen LogP contribution in [0.15, 0.2) is 18.2 Å². The van der Waals surface area contributed by atoms with Crippen molar-refractivity contribution in [1.82, 2.24) is 4.98 Å². The minimum Gasteiger partial charge on any atom is -0.253 e. The quantitative estimate of drug-likeness (QED) is 0.637. The molecule has 0 bridgehead atoms. The normalized spacial score (nSPS) is 9.62. The number of allylic oxidation sites excluding steroid dienone is 2. The summed E-state index contributed by atoms with van der Waals surface area (Å²) in [7, 11) is 0. The van der Waals surface area contributed by atoms with Gasteiger partial charge < -0.3 is 0 Å². The summed E-state index contributed by atoms with van der Waals surface area (Å²) in [6, 6.07) is 4.18. The van der Waals surface area contributed by atoms with Gasteiger partial charge in [-0.2, -0.15) is 0 Å². The molecular formula is C15H27N. The van der Waals surface area contributed by atoms with E-state index >= 15 is 0 Å². The first kappa shape index (κ1) is 17.3. The van der Waals surface area contributed by atoms with Crippen LogP contribution < -0.4 is 0 Å². The highest BCUT2D eigenvalue weighted by molar-refractivity contribution is 5.60. The van der Waals surface area contributed by atoms with Crippen LogP contribution in [0.3, 0.4) is 0 Å². The second kappa shape index (κ2) is 10.4. The molecule has 0 aliphatic carbocycles. The molecule has 0 N–H and O–H groups in total. The highest BCUT2D eigenvalue weighted by Crippen LogP contribution is 2.12. The Morgan fingerprint density at radius 3 is 1.94 bits per heavy atom. The molecule has 0 saturated heterocycles. The van der Waals surface area contributed by atoms with Crippen LogP contribution >= 0.6 is 0 Å². The third kappa shape index (κ3) is 5.69. The summed E-state index contributed by atoms with van der Waals surface area (Å²) < 4.78 is 0. The smallest absolute Gasteiger partial charge is 0.0658 e. The first-order valence-corrected chi connectivity index (χ1v) is 6.22. The Morgan fingerprint density at radius 2 is 1.56 bits per heavy atom. The van der Waals surface area contributed by atoms with Crippen LogP contribution in [0.1, 0.15) is 58.5 Å². The molecule has 0 saturated carbocycles. The van der Waals surface area contributed by atoms with Crippen molar-refractivity contribution in [3.8, 4) is 0 Å². The van der Waals surface area contributed by atoms with Gasteiger partial charge in [-0.15, -0.1) is 0 Å². The van der Waals surface area contributed by atoms with Gasteiger partial charge in [-0.3, -0.25) is 4.98 Å².